The van der Waals surface area contributed by atoms with Crippen LogP contribution in [0, 0.1) is 11.6 Å². The first-order valence-electron chi connectivity index (χ1n) is 7.76. The number of methoxy groups -OCH3 is 1. The molecule has 6 nitrogen and oxygen atoms in total. The van der Waals surface area contributed by atoms with Crippen LogP contribution in [-0.2, 0) is 11.2 Å². The minimum atomic E-state index is -0.742. The van der Waals surface area contributed by atoms with Crippen LogP contribution in [0.2, 0.25) is 0 Å². The van der Waals surface area contributed by atoms with Gasteiger partial charge in [0.05, 0.1) is 18.9 Å². The fourth-order valence-corrected chi connectivity index (χ4v) is 2.32. The van der Waals surface area contributed by atoms with Crippen molar-refractivity contribution in [3.05, 3.63) is 60.3 Å². The average molecular weight is 359 g/mol. The van der Waals surface area contributed by atoms with Gasteiger partial charge in [0.25, 0.3) is 0 Å². The smallest absolute Gasteiger partial charge is 0.237 e. The molecule has 0 bridgehead atoms. The van der Waals surface area contributed by atoms with E-state index in [0.717, 1.165) is 12.1 Å². The van der Waals surface area contributed by atoms with Crippen molar-refractivity contribution in [3.63, 3.8) is 0 Å². The zero-order chi connectivity index (χ0) is 18.5. The monoisotopic (exact) mass is 359 g/mol. The van der Waals surface area contributed by atoms with E-state index in [0.29, 0.717) is 11.6 Å². The minimum Gasteiger partial charge on any atom is -0.480 e. The summed E-state index contributed by atoms with van der Waals surface area (Å²) in [5.74, 6) is -0.929. The third-order valence-electron chi connectivity index (χ3n) is 3.55. The molecule has 0 saturated heterocycles. The molecule has 1 amide bonds. The second kappa shape index (κ2) is 7.73. The van der Waals surface area contributed by atoms with E-state index in [1.54, 1.807) is 18.3 Å². The van der Waals surface area contributed by atoms with E-state index in [2.05, 4.69) is 15.3 Å². The Labute approximate surface area is 147 Å². The Hall–Kier alpha value is -3.29. The maximum Gasteiger partial charge on any atom is 0.237 e. The van der Waals surface area contributed by atoms with Crippen LogP contribution in [0.15, 0.2) is 47.1 Å². The highest BCUT2D eigenvalue weighted by molar-refractivity contribution is 5.91. The third-order valence-corrected chi connectivity index (χ3v) is 3.55. The van der Waals surface area contributed by atoms with Crippen molar-refractivity contribution >= 4 is 11.6 Å². The van der Waals surface area contributed by atoms with Crippen LogP contribution in [0.3, 0.4) is 0 Å². The van der Waals surface area contributed by atoms with E-state index in [9.17, 15) is 13.6 Å². The molecule has 2 heterocycles. The van der Waals surface area contributed by atoms with Gasteiger partial charge in [-0.15, -0.1) is 0 Å². The highest BCUT2D eigenvalue weighted by atomic mass is 19.1. The summed E-state index contributed by atoms with van der Waals surface area (Å²) < 4.78 is 37.2. The van der Waals surface area contributed by atoms with Crippen LogP contribution in [0.1, 0.15) is 12.3 Å². The number of pyridine rings is 1. The normalized spacial score (nSPS) is 10.6. The molecular weight excluding hydrogens is 344 g/mol. The number of ether oxygens (including phenoxy) is 1. The van der Waals surface area contributed by atoms with Crippen LogP contribution in [-0.4, -0.2) is 23.0 Å². The van der Waals surface area contributed by atoms with Crippen molar-refractivity contribution < 1.29 is 22.7 Å². The minimum absolute atomic E-state index is 0.101. The number of aromatic nitrogens is 2. The topological polar surface area (TPSA) is 77.2 Å². The number of amides is 1. The van der Waals surface area contributed by atoms with Crippen LogP contribution >= 0.6 is 0 Å². The predicted molar refractivity (Wildman–Crippen MR) is 89.6 cm³/mol. The van der Waals surface area contributed by atoms with Crippen LogP contribution in [0.4, 0.5) is 14.5 Å². The molecule has 0 radical (unpaired) electrons. The Balaban J connectivity index is 1.62. The number of anilines is 1. The second-order valence-electron chi connectivity index (χ2n) is 5.35. The van der Waals surface area contributed by atoms with Crippen LogP contribution in [0.25, 0.3) is 11.3 Å². The summed E-state index contributed by atoms with van der Waals surface area (Å²) in [6.07, 6.45) is 3.21. The molecule has 0 saturated carbocycles. The number of nitrogens with zero attached hydrogens (tertiary/aromatic N) is 2. The first-order chi connectivity index (χ1) is 12.6. The Morgan fingerprint density at radius 3 is 2.88 bits per heavy atom. The first-order valence-corrected chi connectivity index (χ1v) is 7.76. The van der Waals surface area contributed by atoms with Gasteiger partial charge in [-0.05, 0) is 24.3 Å². The Bertz CT molecular complexity index is 928. The summed E-state index contributed by atoms with van der Waals surface area (Å²) in [5, 5.41) is 2.69. The van der Waals surface area contributed by atoms with E-state index < -0.39 is 11.6 Å². The number of halogens is 2. The molecule has 0 fully saturated rings. The standard InChI is InChI=1S/C18H15F2N3O3/c1-25-18-14(3-2-8-21-18)23-16(24)6-7-17-22-10-15(26-17)12-5-4-11(19)9-13(12)20/h2-5,8-10H,6-7H2,1H3,(H,23,24). The lowest BCUT2D eigenvalue weighted by Crippen LogP contribution is -2.13. The van der Waals surface area contributed by atoms with Crippen LogP contribution in [0.5, 0.6) is 5.88 Å². The summed E-state index contributed by atoms with van der Waals surface area (Å²) in [7, 11) is 1.46. The number of hydrogen-bond acceptors (Lipinski definition) is 5. The number of carbonyl (C=O) groups is 1. The zero-order valence-corrected chi connectivity index (χ0v) is 13.8. The number of oxazole rings is 1. The molecule has 8 heteroatoms. The van der Waals surface area contributed by atoms with Gasteiger partial charge < -0.3 is 14.5 Å². The van der Waals surface area contributed by atoms with Gasteiger partial charge in [-0.1, -0.05) is 0 Å². The van der Waals surface area contributed by atoms with Gasteiger partial charge in [-0.2, -0.15) is 0 Å². The molecule has 2 aromatic heterocycles. The molecule has 0 atom stereocenters. The average Bonchev–Trinajstić information content (AvgIpc) is 3.09. The number of nitrogens with one attached hydrogen (secondary N) is 1. The molecule has 134 valence electrons. The Kier molecular flexibility index (Phi) is 5.21. The van der Waals surface area contributed by atoms with Gasteiger partial charge in [0.15, 0.2) is 11.7 Å². The molecule has 3 rings (SSSR count). The van der Waals surface area contributed by atoms with E-state index >= 15 is 0 Å². The van der Waals surface area contributed by atoms with Gasteiger partial charge in [-0.3, -0.25) is 4.79 Å². The number of carbonyl (C=O) groups excluding carboxylic acids is 1. The second-order valence-corrected chi connectivity index (χ2v) is 5.35. The summed E-state index contributed by atoms with van der Waals surface area (Å²) in [5.41, 5.74) is 0.566. The lowest BCUT2D eigenvalue weighted by Gasteiger charge is -2.07. The molecule has 0 aliphatic carbocycles. The largest absolute Gasteiger partial charge is 0.480 e. The van der Waals surface area contributed by atoms with E-state index in [1.165, 1.54) is 19.4 Å². The van der Waals surface area contributed by atoms with Gasteiger partial charge in [-0.25, -0.2) is 18.7 Å². The van der Waals surface area contributed by atoms with Gasteiger partial charge in [0.1, 0.15) is 17.3 Å². The number of aryl methyl sites for hydroxylation is 1. The maximum atomic E-state index is 13.8. The van der Waals surface area contributed by atoms with Crippen LogP contribution < -0.4 is 10.1 Å². The summed E-state index contributed by atoms with van der Waals surface area (Å²) in [4.78, 5) is 20.1. The number of rotatable bonds is 6. The van der Waals surface area contributed by atoms with E-state index in [1.807, 2.05) is 0 Å². The fraction of sp³-hybridized carbons (Fsp3) is 0.167. The molecule has 0 aliphatic heterocycles. The van der Waals surface area contributed by atoms with Crippen molar-refractivity contribution in [2.24, 2.45) is 0 Å². The molecule has 3 aromatic rings. The molecule has 1 aromatic carbocycles. The molecule has 1 N–H and O–H groups in total. The Morgan fingerprint density at radius 2 is 2.12 bits per heavy atom. The van der Waals surface area contributed by atoms with E-state index in [4.69, 9.17) is 9.15 Å². The fourth-order valence-electron chi connectivity index (χ4n) is 2.32. The molecule has 26 heavy (non-hydrogen) atoms. The highest BCUT2D eigenvalue weighted by Gasteiger charge is 2.14. The Morgan fingerprint density at radius 1 is 1.27 bits per heavy atom. The highest BCUT2D eigenvalue weighted by Crippen LogP contribution is 2.25. The molecule has 0 aliphatic rings. The molecule has 0 spiro atoms. The van der Waals surface area contributed by atoms with Gasteiger partial charge in [0.2, 0.25) is 11.8 Å². The van der Waals surface area contributed by atoms with Crippen molar-refractivity contribution in [1.82, 2.24) is 9.97 Å². The molecule has 0 unspecified atom stereocenters. The van der Waals surface area contributed by atoms with Crippen molar-refractivity contribution in [2.45, 2.75) is 12.8 Å². The van der Waals surface area contributed by atoms with Crippen molar-refractivity contribution in [1.29, 1.82) is 0 Å². The number of hydrogen-bond donors (Lipinski definition) is 1. The molecular formula is C18H15F2N3O3. The number of benzene rings is 1. The van der Waals surface area contributed by atoms with Crippen molar-refractivity contribution in [3.8, 4) is 17.2 Å². The lowest BCUT2D eigenvalue weighted by atomic mass is 10.2. The summed E-state index contributed by atoms with van der Waals surface area (Å²) in [6.45, 7) is 0. The first kappa shape index (κ1) is 17.5. The van der Waals surface area contributed by atoms with E-state index in [-0.39, 0.29) is 36.0 Å². The van der Waals surface area contributed by atoms with Gasteiger partial charge >= 0.3 is 0 Å². The van der Waals surface area contributed by atoms with Crippen molar-refractivity contribution in [2.75, 3.05) is 12.4 Å². The zero-order valence-electron chi connectivity index (χ0n) is 13.8. The summed E-state index contributed by atoms with van der Waals surface area (Å²) in [6, 6.07) is 6.53. The predicted octanol–water partition coefficient (Wildman–Crippen LogP) is 3.59. The SMILES string of the molecule is COc1ncccc1NC(=O)CCc1ncc(-c2ccc(F)cc2F)o1. The quantitative estimate of drug-likeness (QED) is 0.728. The maximum absolute atomic E-state index is 13.8. The summed E-state index contributed by atoms with van der Waals surface area (Å²) >= 11 is 0. The van der Waals surface area contributed by atoms with Gasteiger partial charge in [0, 0.05) is 25.1 Å². The third kappa shape index (κ3) is 4.02. The lowest BCUT2D eigenvalue weighted by molar-refractivity contribution is -0.116.